The number of anilines is 1. The van der Waals surface area contributed by atoms with Gasteiger partial charge in [-0.05, 0) is 25.1 Å². The number of hydrogen-bond donors (Lipinski definition) is 1. The maximum Gasteiger partial charge on any atom is 0.270 e. The smallest absolute Gasteiger partial charge is 0.270 e. The van der Waals surface area contributed by atoms with Crippen LogP contribution in [-0.2, 0) is 10.0 Å². The van der Waals surface area contributed by atoms with E-state index in [1.807, 2.05) is 6.92 Å². The van der Waals surface area contributed by atoms with Gasteiger partial charge in [0.25, 0.3) is 16.1 Å². The second kappa shape index (κ2) is 6.05. The van der Waals surface area contributed by atoms with Crippen LogP contribution in [0.5, 0.6) is 0 Å². The number of sulfonamides is 1. The first-order valence-corrected chi connectivity index (χ1v) is 7.58. The van der Waals surface area contributed by atoms with Gasteiger partial charge in [-0.2, -0.15) is 8.78 Å². The van der Waals surface area contributed by atoms with E-state index in [9.17, 15) is 17.2 Å². The predicted octanol–water partition coefficient (Wildman–Crippen LogP) is 4.03. The first-order valence-electron chi connectivity index (χ1n) is 6.10. The number of rotatable bonds is 4. The van der Waals surface area contributed by atoms with E-state index in [0.29, 0.717) is 6.08 Å². The van der Waals surface area contributed by atoms with Crippen molar-refractivity contribution < 1.29 is 17.2 Å². The van der Waals surface area contributed by atoms with E-state index in [1.54, 1.807) is 24.3 Å². The van der Waals surface area contributed by atoms with E-state index in [4.69, 9.17) is 0 Å². The number of nitrogens with one attached hydrogen (secondary N) is 1. The molecule has 0 spiro atoms. The van der Waals surface area contributed by atoms with Gasteiger partial charge in [0.05, 0.1) is 10.6 Å². The Kier molecular flexibility index (Phi) is 4.37. The van der Waals surface area contributed by atoms with Gasteiger partial charge in [0.15, 0.2) is 0 Å². The Balaban J connectivity index is 2.37. The molecule has 0 fully saturated rings. The molecule has 0 bridgehead atoms. The lowest BCUT2D eigenvalue weighted by Crippen LogP contribution is -2.13. The average molecular weight is 309 g/mol. The summed E-state index contributed by atoms with van der Waals surface area (Å²) in [6.07, 6.45) is -1.27. The van der Waals surface area contributed by atoms with Crippen LogP contribution >= 0.6 is 0 Å². The van der Waals surface area contributed by atoms with Crippen molar-refractivity contribution in [3.05, 3.63) is 65.7 Å². The Hall–Kier alpha value is -2.21. The summed E-state index contributed by atoms with van der Waals surface area (Å²) in [5.41, 5.74) is 1.14. The number of para-hydroxylation sites is 1. The number of hydrogen-bond acceptors (Lipinski definition) is 2. The van der Waals surface area contributed by atoms with Crippen LogP contribution in [0.25, 0.3) is 6.08 Å². The summed E-state index contributed by atoms with van der Waals surface area (Å²) in [4.78, 5) is 0.0765. The van der Waals surface area contributed by atoms with Gasteiger partial charge < -0.3 is 0 Å². The van der Waals surface area contributed by atoms with Crippen LogP contribution in [0.15, 0.2) is 59.5 Å². The third-order valence-corrected chi connectivity index (χ3v) is 4.18. The second-order valence-electron chi connectivity index (χ2n) is 4.44. The molecule has 0 atom stereocenters. The second-order valence-corrected chi connectivity index (χ2v) is 6.12. The fourth-order valence-electron chi connectivity index (χ4n) is 1.75. The third kappa shape index (κ3) is 3.88. The number of halogens is 2. The largest absolute Gasteiger partial charge is 0.279 e. The normalized spacial score (nSPS) is 11.0. The SMILES string of the molecule is Cc1ccc(S(=O)(=O)Nc2ccccc2C=C(F)F)cc1. The standard InChI is InChI=1S/C15H13F2NO2S/c1-11-6-8-13(9-7-11)21(19,20)18-14-5-3-2-4-12(14)10-15(16)17/h2-10,18H,1H3. The van der Waals surface area contributed by atoms with Gasteiger partial charge in [0.2, 0.25) is 0 Å². The fourth-order valence-corrected chi connectivity index (χ4v) is 2.84. The average Bonchev–Trinajstić information content (AvgIpc) is 2.40. The monoisotopic (exact) mass is 309 g/mol. The maximum absolute atomic E-state index is 12.4. The van der Waals surface area contributed by atoms with Crippen LogP contribution < -0.4 is 4.72 Å². The molecule has 2 rings (SSSR count). The maximum atomic E-state index is 12.4. The molecule has 0 unspecified atom stereocenters. The zero-order valence-corrected chi connectivity index (χ0v) is 12.0. The molecule has 0 amide bonds. The van der Waals surface area contributed by atoms with Gasteiger partial charge in [-0.1, -0.05) is 35.9 Å². The van der Waals surface area contributed by atoms with Crippen molar-refractivity contribution in [2.75, 3.05) is 4.72 Å². The number of benzene rings is 2. The lowest BCUT2D eigenvalue weighted by atomic mass is 10.2. The quantitative estimate of drug-likeness (QED) is 0.926. The lowest BCUT2D eigenvalue weighted by molar-refractivity contribution is 0.429. The lowest BCUT2D eigenvalue weighted by Gasteiger charge is -2.10. The molecule has 0 heterocycles. The van der Waals surface area contributed by atoms with Crippen molar-refractivity contribution in [1.29, 1.82) is 0 Å². The first-order chi connectivity index (χ1) is 9.88. The van der Waals surface area contributed by atoms with E-state index in [2.05, 4.69) is 4.72 Å². The molecular formula is C15H13F2NO2S. The zero-order chi connectivity index (χ0) is 15.5. The summed E-state index contributed by atoms with van der Waals surface area (Å²) in [6.45, 7) is 1.84. The first kappa shape index (κ1) is 15.2. The van der Waals surface area contributed by atoms with Gasteiger partial charge >= 0.3 is 0 Å². The number of aryl methyl sites for hydroxylation is 1. The molecule has 2 aromatic carbocycles. The molecule has 110 valence electrons. The van der Waals surface area contributed by atoms with Crippen LogP contribution in [0, 0.1) is 6.92 Å². The Morgan fingerprint density at radius 3 is 2.29 bits per heavy atom. The minimum absolute atomic E-state index is 0.0765. The van der Waals surface area contributed by atoms with Crippen molar-refractivity contribution in [3.63, 3.8) is 0 Å². The van der Waals surface area contributed by atoms with Crippen molar-refractivity contribution in [2.24, 2.45) is 0 Å². The van der Waals surface area contributed by atoms with E-state index >= 15 is 0 Å². The van der Waals surface area contributed by atoms with E-state index < -0.39 is 16.1 Å². The van der Waals surface area contributed by atoms with Crippen molar-refractivity contribution >= 4 is 21.8 Å². The van der Waals surface area contributed by atoms with Crippen molar-refractivity contribution in [3.8, 4) is 0 Å². The Morgan fingerprint density at radius 1 is 1.05 bits per heavy atom. The molecule has 21 heavy (non-hydrogen) atoms. The Bertz CT molecular complexity index is 765. The van der Waals surface area contributed by atoms with Gasteiger partial charge in [0, 0.05) is 11.6 Å². The van der Waals surface area contributed by atoms with E-state index in [1.165, 1.54) is 24.3 Å². The highest BCUT2D eigenvalue weighted by Crippen LogP contribution is 2.23. The molecule has 6 heteroatoms. The van der Waals surface area contributed by atoms with Gasteiger partial charge in [-0.25, -0.2) is 8.42 Å². The van der Waals surface area contributed by atoms with Crippen molar-refractivity contribution in [1.82, 2.24) is 0 Å². The highest BCUT2D eigenvalue weighted by Gasteiger charge is 2.15. The molecule has 0 aliphatic rings. The molecule has 0 radical (unpaired) electrons. The summed E-state index contributed by atoms with van der Waals surface area (Å²) < 4.78 is 51.6. The van der Waals surface area contributed by atoms with Crippen LogP contribution in [-0.4, -0.2) is 8.42 Å². The third-order valence-electron chi connectivity index (χ3n) is 2.80. The fraction of sp³-hybridized carbons (Fsp3) is 0.0667. The van der Waals surface area contributed by atoms with E-state index in [0.717, 1.165) is 5.56 Å². The van der Waals surface area contributed by atoms with Crippen molar-refractivity contribution in [2.45, 2.75) is 11.8 Å². The molecular weight excluding hydrogens is 296 g/mol. The van der Waals surface area contributed by atoms with Crippen LogP contribution in [0.3, 0.4) is 0 Å². The highest BCUT2D eigenvalue weighted by atomic mass is 32.2. The zero-order valence-electron chi connectivity index (χ0n) is 11.2. The van der Waals surface area contributed by atoms with Gasteiger partial charge in [-0.3, -0.25) is 4.72 Å². The van der Waals surface area contributed by atoms with Gasteiger partial charge in [0.1, 0.15) is 0 Å². The van der Waals surface area contributed by atoms with E-state index in [-0.39, 0.29) is 16.1 Å². The highest BCUT2D eigenvalue weighted by molar-refractivity contribution is 7.92. The summed E-state index contributed by atoms with van der Waals surface area (Å²) in [5, 5.41) is 0. The molecule has 3 nitrogen and oxygen atoms in total. The molecule has 0 aliphatic carbocycles. The summed E-state index contributed by atoms with van der Waals surface area (Å²) in [6, 6.07) is 12.2. The minimum Gasteiger partial charge on any atom is -0.279 e. The Labute approximate surface area is 122 Å². The predicted molar refractivity (Wildman–Crippen MR) is 78.6 cm³/mol. The Morgan fingerprint density at radius 2 is 1.67 bits per heavy atom. The van der Waals surface area contributed by atoms with Crippen LogP contribution in [0.4, 0.5) is 14.5 Å². The topological polar surface area (TPSA) is 46.2 Å². The summed E-state index contributed by atoms with van der Waals surface area (Å²) in [7, 11) is -3.81. The minimum atomic E-state index is -3.81. The molecule has 2 aromatic rings. The summed E-state index contributed by atoms with van der Waals surface area (Å²) in [5.74, 6) is 0. The summed E-state index contributed by atoms with van der Waals surface area (Å²) >= 11 is 0. The molecule has 0 saturated heterocycles. The molecule has 0 aliphatic heterocycles. The van der Waals surface area contributed by atoms with Crippen LogP contribution in [0.1, 0.15) is 11.1 Å². The molecule has 0 saturated carbocycles. The van der Waals surface area contributed by atoms with Crippen LogP contribution in [0.2, 0.25) is 0 Å². The molecule has 1 N–H and O–H groups in total. The molecule has 0 aromatic heterocycles. The van der Waals surface area contributed by atoms with Gasteiger partial charge in [-0.15, -0.1) is 0 Å².